The number of imidazole rings is 1. The van der Waals surface area contributed by atoms with E-state index in [1.54, 1.807) is 12.4 Å². The Labute approximate surface area is 151 Å². The minimum Gasteiger partial charge on any atom is -0.459 e. The second-order valence-electron chi connectivity index (χ2n) is 6.59. The smallest absolute Gasteiger partial charge is 0.338 e. The Morgan fingerprint density at radius 1 is 1.19 bits per heavy atom. The number of para-hydroxylation sites is 2. The van der Waals surface area contributed by atoms with E-state index in [2.05, 4.69) is 19.9 Å². The maximum Gasteiger partial charge on any atom is 0.338 e. The maximum absolute atomic E-state index is 12.9. The van der Waals surface area contributed by atoms with Gasteiger partial charge in [-0.3, -0.25) is 9.55 Å². The van der Waals surface area contributed by atoms with Crippen molar-refractivity contribution in [1.29, 1.82) is 0 Å². The van der Waals surface area contributed by atoms with Crippen molar-refractivity contribution in [2.45, 2.75) is 32.9 Å². The van der Waals surface area contributed by atoms with Crippen LogP contribution in [0, 0.1) is 0 Å². The Morgan fingerprint density at radius 2 is 1.92 bits per heavy atom. The molecule has 1 aromatic carbocycles. The maximum atomic E-state index is 12.9. The number of carbonyl (C=O) groups is 1. The highest BCUT2D eigenvalue weighted by atomic mass is 16.5. The third-order valence-electron chi connectivity index (χ3n) is 4.42. The summed E-state index contributed by atoms with van der Waals surface area (Å²) in [4.78, 5) is 21.7. The Kier molecular flexibility index (Phi) is 3.95. The van der Waals surface area contributed by atoms with E-state index in [0.29, 0.717) is 11.5 Å². The highest BCUT2D eigenvalue weighted by Crippen LogP contribution is 2.39. The number of ether oxygens (including phenoxy) is 1. The van der Waals surface area contributed by atoms with Crippen LogP contribution in [0.1, 0.15) is 32.4 Å². The minimum atomic E-state index is -0.326. The molecule has 3 heterocycles. The van der Waals surface area contributed by atoms with E-state index in [0.717, 1.165) is 22.3 Å². The third kappa shape index (κ3) is 2.63. The van der Waals surface area contributed by atoms with E-state index in [1.165, 1.54) is 0 Å². The highest BCUT2D eigenvalue weighted by molar-refractivity contribution is 5.94. The SMILES string of the molecule is CC1=C(C(=O)OC(C)C)[C@H](c2ccncc2)n2c(nc3ccccc32)N1. The van der Waals surface area contributed by atoms with Crippen LogP contribution in [0.3, 0.4) is 0 Å². The molecule has 26 heavy (non-hydrogen) atoms. The summed E-state index contributed by atoms with van der Waals surface area (Å²) >= 11 is 0. The van der Waals surface area contributed by atoms with Gasteiger partial charge in [-0.05, 0) is 50.6 Å². The number of aromatic nitrogens is 3. The largest absolute Gasteiger partial charge is 0.459 e. The third-order valence-corrected chi connectivity index (χ3v) is 4.42. The lowest BCUT2D eigenvalue weighted by Crippen LogP contribution is -2.30. The van der Waals surface area contributed by atoms with Crippen LogP contribution in [-0.2, 0) is 9.53 Å². The zero-order chi connectivity index (χ0) is 18.3. The molecule has 1 atom stereocenters. The van der Waals surface area contributed by atoms with Crippen molar-refractivity contribution in [1.82, 2.24) is 14.5 Å². The van der Waals surface area contributed by atoms with Crippen LogP contribution in [0.4, 0.5) is 5.95 Å². The van der Waals surface area contributed by atoms with Crippen molar-refractivity contribution >= 4 is 23.0 Å². The van der Waals surface area contributed by atoms with Gasteiger partial charge in [0.1, 0.15) is 0 Å². The van der Waals surface area contributed by atoms with Crippen molar-refractivity contribution in [3.8, 4) is 0 Å². The molecule has 1 aliphatic rings. The molecular weight excluding hydrogens is 328 g/mol. The predicted octanol–water partition coefficient (Wildman–Crippen LogP) is 3.67. The number of pyridine rings is 1. The molecular formula is C20H20N4O2. The standard InChI is InChI=1S/C20H20N4O2/c1-12(2)26-19(25)17-13(3)22-20-23-15-6-4-5-7-16(15)24(20)18(17)14-8-10-21-11-9-14/h4-12,18H,1-3H3,(H,22,23)/t18-/m0/s1. The van der Waals surface area contributed by atoms with Crippen molar-refractivity contribution in [2.75, 3.05) is 5.32 Å². The van der Waals surface area contributed by atoms with Gasteiger partial charge in [-0.2, -0.15) is 0 Å². The fourth-order valence-corrected chi connectivity index (χ4v) is 3.37. The fraction of sp³-hybridized carbons (Fsp3) is 0.250. The molecule has 0 amide bonds. The zero-order valence-electron chi connectivity index (χ0n) is 14.9. The normalized spacial score (nSPS) is 16.5. The predicted molar refractivity (Wildman–Crippen MR) is 99.7 cm³/mol. The molecule has 1 aliphatic heterocycles. The van der Waals surface area contributed by atoms with Crippen molar-refractivity contribution in [3.05, 3.63) is 65.6 Å². The molecule has 4 rings (SSSR count). The molecule has 3 aromatic rings. The number of nitrogens with one attached hydrogen (secondary N) is 1. The molecule has 2 aromatic heterocycles. The molecule has 0 bridgehead atoms. The first-order valence-corrected chi connectivity index (χ1v) is 8.62. The summed E-state index contributed by atoms with van der Waals surface area (Å²) in [6, 6.07) is 11.4. The summed E-state index contributed by atoms with van der Waals surface area (Å²) in [5, 5.41) is 3.27. The van der Waals surface area contributed by atoms with Crippen molar-refractivity contribution in [2.24, 2.45) is 0 Å². The van der Waals surface area contributed by atoms with E-state index in [-0.39, 0.29) is 18.1 Å². The van der Waals surface area contributed by atoms with Gasteiger partial charge in [0.15, 0.2) is 0 Å². The van der Waals surface area contributed by atoms with Gasteiger partial charge in [0.2, 0.25) is 5.95 Å². The number of hydrogen-bond acceptors (Lipinski definition) is 5. The Balaban J connectivity index is 1.95. The molecule has 0 saturated carbocycles. The number of carbonyl (C=O) groups excluding carboxylic acids is 1. The summed E-state index contributed by atoms with van der Waals surface area (Å²) in [6.45, 7) is 5.58. The molecule has 0 saturated heterocycles. The Bertz CT molecular complexity index is 1010. The molecule has 0 unspecified atom stereocenters. The monoisotopic (exact) mass is 348 g/mol. The molecule has 0 aliphatic carbocycles. The van der Waals surface area contributed by atoms with Crippen LogP contribution in [0.15, 0.2) is 60.1 Å². The number of nitrogens with zero attached hydrogens (tertiary/aromatic N) is 3. The van der Waals surface area contributed by atoms with Gasteiger partial charge >= 0.3 is 5.97 Å². The summed E-state index contributed by atoms with van der Waals surface area (Å²) in [6.07, 6.45) is 3.27. The second-order valence-corrected chi connectivity index (χ2v) is 6.59. The summed E-state index contributed by atoms with van der Waals surface area (Å²) < 4.78 is 7.58. The summed E-state index contributed by atoms with van der Waals surface area (Å²) in [5.74, 6) is 0.391. The average Bonchev–Trinajstić information content (AvgIpc) is 2.98. The van der Waals surface area contributed by atoms with Crippen LogP contribution in [0.25, 0.3) is 11.0 Å². The first-order valence-electron chi connectivity index (χ1n) is 8.62. The number of fused-ring (bicyclic) bond motifs is 3. The van der Waals surface area contributed by atoms with Gasteiger partial charge in [-0.1, -0.05) is 12.1 Å². The molecule has 6 heteroatoms. The summed E-state index contributed by atoms with van der Waals surface area (Å²) in [5.41, 5.74) is 4.13. The molecule has 0 spiro atoms. The van der Waals surface area contributed by atoms with Gasteiger partial charge in [-0.25, -0.2) is 9.78 Å². The lowest BCUT2D eigenvalue weighted by molar-refractivity contribution is -0.143. The number of benzene rings is 1. The fourth-order valence-electron chi connectivity index (χ4n) is 3.37. The van der Waals surface area contributed by atoms with Crippen LogP contribution >= 0.6 is 0 Å². The van der Waals surface area contributed by atoms with Gasteiger partial charge in [-0.15, -0.1) is 0 Å². The number of rotatable bonds is 3. The Morgan fingerprint density at radius 3 is 2.65 bits per heavy atom. The highest BCUT2D eigenvalue weighted by Gasteiger charge is 2.35. The quantitative estimate of drug-likeness (QED) is 0.731. The van der Waals surface area contributed by atoms with Gasteiger partial charge in [0.05, 0.1) is 28.8 Å². The number of anilines is 1. The van der Waals surface area contributed by atoms with Gasteiger partial charge < -0.3 is 10.1 Å². The van der Waals surface area contributed by atoms with E-state index in [9.17, 15) is 4.79 Å². The molecule has 1 N–H and O–H groups in total. The lowest BCUT2D eigenvalue weighted by Gasteiger charge is -2.30. The van der Waals surface area contributed by atoms with Gasteiger partial charge in [0.25, 0.3) is 0 Å². The number of allylic oxidation sites excluding steroid dienone is 1. The zero-order valence-corrected chi connectivity index (χ0v) is 14.9. The molecule has 6 nitrogen and oxygen atoms in total. The van der Waals surface area contributed by atoms with E-state index in [1.807, 2.05) is 57.2 Å². The molecule has 0 fully saturated rings. The topological polar surface area (TPSA) is 69.0 Å². The molecule has 132 valence electrons. The van der Waals surface area contributed by atoms with Crippen molar-refractivity contribution in [3.63, 3.8) is 0 Å². The Hall–Kier alpha value is -3.15. The second kappa shape index (κ2) is 6.29. The lowest BCUT2D eigenvalue weighted by atomic mass is 9.96. The first kappa shape index (κ1) is 16.3. The van der Waals surface area contributed by atoms with Crippen LogP contribution in [0.2, 0.25) is 0 Å². The average molecular weight is 348 g/mol. The van der Waals surface area contributed by atoms with E-state index < -0.39 is 0 Å². The van der Waals surface area contributed by atoms with Gasteiger partial charge in [0, 0.05) is 18.1 Å². The summed E-state index contributed by atoms with van der Waals surface area (Å²) in [7, 11) is 0. The first-order chi connectivity index (χ1) is 12.6. The number of esters is 1. The molecule has 0 radical (unpaired) electrons. The van der Waals surface area contributed by atoms with E-state index in [4.69, 9.17) is 4.74 Å². The van der Waals surface area contributed by atoms with Crippen molar-refractivity contribution < 1.29 is 9.53 Å². The van der Waals surface area contributed by atoms with Crippen LogP contribution in [0.5, 0.6) is 0 Å². The van der Waals surface area contributed by atoms with Crippen LogP contribution < -0.4 is 5.32 Å². The van der Waals surface area contributed by atoms with E-state index >= 15 is 0 Å². The number of hydrogen-bond donors (Lipinski definition) is 1. The van der Waals surface area contributed by atoms with Crippen LogP contribution in [-0.4, -0.2) is 26.6 Å². The minimum absolute atomic E-state index is 0.193.